The molecule has 2 amide bonds. The Morgan fingerprint density at radius 3 is 2.31 bits per heavy atom. The first-order chi connectivity index (χ1) is 16.8. The Balaban J connectivity index is 1.30. The van der Waals surface area contributed by atoms with Crippen LogP contribution in [-0.2, 0) is 19.1 Å². The molecule has 9 nitrogen and oxygen atoms in total. The van der Waals surface area contributed by atoms with E-state index in [2.05, 4.69) is 34.9 Å². The average molecular weight is 482 g/mol. The van der Waals surface area contributed by atoms with Gasteiger partial charge in [0.05, 0.1) is 0 Å². The normalized spacial score (nSPS) is 19.6. The number of hydrogen-bond acceptors (Lipinski definition) is 6. The number of fused-ring (bicyclic) bond motifs is 3. The summed E-state index contributed by atoms with van der Waals surface area (Å²) in [6, 6.07) is 15.2. The molecule has 1 aliphatic heterocycles. The van der Waals surface area contributed by atoms with Gasteiger partial charge in [0.25, 0.3) is 0 Å². The minimum atomic E-state index is -1.11. The molecule has 1 fully saturated rings. The molecule has 35 heavy (non-hydrogen) atoms. The molecule has 2 aromatic carbocycles. The minimum absolute atomic E-state index is 0.0360. The van der Waals surface area contributed by atoms with Crippen molar-refractivity contribution in [2.24, 2.45) is 5.92 Å². The van der Waals surface area contributed by atoms with Gasteiger partial charge in [-0.15, -0.1) is 0 Å². The molecule has 4 rings (SSSR count). The molecule has 186 valence electrons. The first kappa shape index (κ1) is 24.7. The second kappa shape index (κ2) is 10.9. The van der Waals surface area contributed by atoms with Crippen molar-refractivity contribution in [3.8, 4) is 11.1 Å². The first-order valence-electron chi connectivity index (χ1n) is 11.7. The van der Waals surface area contributed by atoms with Crippen LogP contribution < -0.4 is 10.6 Å². The number of nitrogens with zero attached hydrogens (tertiary/aromatic N) is 1. The number of alkyl carbamates (subject to hydrolysis) is 1. The van der Waals surface area contributed by atoms with E-state index in [9.17, 15) is 19.5 Å². The van der Waals surface area contributed by atoms with Crippen molar-refractivity contribution < 1.29 is 29.0 Å². The summed E-state index contributed by atoms with van der Waals surface area (Å²) in [6.45, 7) is 0.924. The number of nitrogens with one attached hydrogen (secondary N) is 2. The Morgan fingerprint density at radius 1 is 1.09 bits per heavy atom. The summed E-state index contributed by atoms with van der Waals surface area (Å²) >= 11 is 0. The quantitative estimate of drug-likeness (QED) is 0.502. The summed E-state index contributed by atoms with van der Waals surface area (Å²) in [7, 11) is 3.46. The van der Waals surface area contributed by atoms with Crippen molar-refractivity contribution >= 4 is 18.0 Å². The molecule has 3 atom stereocenters. The number of benzene rings is 2. The van der Waals surface area contributed by atoms with Gasteiger partial charge in [0.15, 0.2) is 0 Å². The van der Waals surface area contributed by atoms with Crippen LogP contribution in [0.25, 0.3) is 11.1 Å². The van der Waals surface area contributed by atoms with E-state index in [1.807, 2.05) is 24.3 Å². The van der Waals surface area contributed by atoms with Gasteiger partial charge in [0.2, 0.25) is 5.91 Å². The molecule has 9 heteroatoms. The van der Waals surface area contributed by atoms with Crippen molar-refractivity contribution in [1.82, 2.24) is 15.5 Å². The van der Waals surface area contributed by atoms with Gasteiger partial charge in [-0.3, -0.25) is 4.79 Å². The first-order valence-corrected chi connectivity index (χ1v) is 11.7. The van der Waals surface area contributed by atoms with E-state index < -0.39 is 30.1 Å². The Bertz CT molecular complexity index is 1040. The van der Waals surface area contributed by atoms with E-state index in [-0.39, 0.29) is 31.5 Å². The summed E-state index contributed by atoms with van der Waals surface area (Å²) in [4.78, 5) is 38.3. The SMILES string of the molecule is CN(C)C[C@H](NC(=O)[C@@H]1OCC[C@@H]1CNC(=O)OCC1c2ccccc2-c2ccccc21)C(=O)O. The summed E-state index contributed by atoms with van der Waals surface area (Å²) < 4.78 is 11.1. The number of amides is 2. The Morgan fingerprint density at radius 2 is 1.71 bits per heavy atom. The monoisotopic (exact) mass is 481 g/mol. The summed E-state index contributed by atoms with van der Waals surface area (Å²) in [5.41, 5.74) is 4.58. The third kappa shape index (κ3) is 5.63. The fraction of sp³-hybridized carbons (Fsp3) is 0.423. The average Bonchev–Trinajstić information content (AvgIpc) is 3.43. The lowest BCUT2D eigenvalue weighted by atomic mass is 9.98. The minimum Gasteiger partial charge on any atom is -0.480 e. The number of carboxylic acid groups (broad SMARTS) is 1. The third-order valence-corrected chi connectivity index (χ3v) is 6.49. The molecular formula is C26H31N3O6. The van der Waals surface area contributed by atoms with Crippen molar-refractivity contribution in [2.75, 3.05) is 40.4 Å². The van der Waals surface area contributed by atoms with Gasteiger partial charge >= 0.3 is 12.1 Å². The summed E-state index contributed by atoms with van der Waals surface area (Å²) in [5.74, 6) is -1.91. The smallest absolute Gasteiger partial charge is 0.407 e. The summed E-state index contributed by atoms with van der Waals surface area (Å²) in [5, 5.41) is 14.7. The zero-order chi connectivity index (χ0) is 24.9. The lowest BCUT2D eigenvalue weighted by Crippen LogP contribution is -2.51. The largest absolute Gasteiger partial charge is 0.480 e. The Hall–Kier alpha value is -3.43. The number of likely N-dealkylation sites (N-methyl/N-ethyl adjacent to an activating group) is 1. The molecule has 1 heterocycles. The lowest BCUT2D eigenvalue weighted by Gasteiger charge is -2.23. The van der Waals surface area contributed by atoms with Crippen LogP contribution in [0.2, 0.25) is 0 Å². The zero-order valence-corrected chi connectivity index (χ0v) is 19.9. The molecule has 0 radical (unpaired) electrons. The number of ether oxygens (including phenoxy) is 2. The van der Waals surface area contributed by atoms with Crippen molar-refractivity contribution in [2.45, 2.75) is 24.5 Å². The second-order valence-corrected chi connectivity index (χ2v) is 9.21. The fourth-order valence-electron chi connectivity index (χ4n) is 4.80. The molecular weight excluding hydrogens is 450 g/mol. The fourth-order valence-corrected chi connectivity index (χ4v) is 4.80. The van der Waals surface area contributed by atoms with E-state index in [0.717, 1.165) is 22.3 Å². The van der Waals surface area contributed by atoms with E-state index in [1.165, 1.54) is 0 Å². The highest BCUT2D eigenvalue weighted by molar-refractivity contribution is 5.87. The standard InChI is InChI=1S/C26H31N3O6/c1-29(2)14-22(25(31)32)28-24(30)23-16(11-12-34-23)13-27-26(33)35-15-21-19-9-5-3-7-17(19)18-8-4-6-10-20(18)21/h3-10,16,21-23H,11-15H2,1-2H3,(H,27,33)(H,28,30)(H,31,32)/t16-,22+,23-/m1/s1. The summed E-state index contributed by atoms with van der Waals surface area (Å²) in [6.07, 6.45) is -0.811. The number of aliphatic carboxylic acids is 1. The number of carboxylic acids is 1. The van der Waals surface area contributed by atoms with Crippen LogP contribution in [0.3, 0.4) is 0 Å². The topological polar surface area (TPSA) is 117 Å². The highest BCUT2D eigenvalue weighted by Crippen LogP contribution is 2.44. The van der Waals surface area contributed by atoms with E-state index >= 15 is 0 Å². The number of carbonyl (C=O) groups excluding carboxylic acids is 2. The van der Waals surface area contributed by atoms with Crippen LogP contribution in [0, 0.1) is 5.92 Å². The molecule has 2 aliphatic rings. The van der Waals surface area contributed by atoms with Gasteiger partial charge in [0.1, 0.15) is 18.8 Å². The Kier molecular flexibility index (Phi) is 7.67. The van der Waals surface area contributed by atoms with Gasteiger partial charge in [0, 0.05) is 31.5 Å². The molecule has 1 saturated heterocycles. The number of rotatable bonds is 9. The van der Waals surface area contributed by atoms with Gasteiger partial charge in [-0.25, -0.2) is 9.59 Å². The van der Waals surface area contributed by atoms with Gasteiger partial charge < -0.3 is 30.1 Å². The van der Waals surface area contributed by atoms with Crippen LogP contribution in [-0.4, -0.2) is 80.5 Å². The highest BCUT2D eigenvalue weighted by atomic mass is 16.5. The van der Waals surface area contributed by atoms with Crippen LogP contribution in [0.4, 0.5) is 4.79 Å². The lowest BCUT2D eigenvalue weighted by molar-refractivity contribution is -0.144. The molecule has 0 unspecified atom stereocenters. The van der Waals surface area contributed by atoms with Crippen molar-refractivity contribution in [3.05, 3.63) is 59.7 Å². The van der Waals surface area contributed by atoms with Crippen LogP contribution in [0.15, 0.2) is 48.5 Å². The molecule has 3 N–H and O–H groups in total. The third-order valence-electron chi connectivity index (χ3n) is 6.49. The molecule has 0 saturated carbocycles. The molecule has 2 aromatic rings. The molecule has 0 bridgehead atoms. The molecule has 0 aromatic heterocycles. The number of hydrogen-bond donors (Lipinski definition) is 3. The van der Waals surface area contributed by atoms with Gasteiger partial charge in [-0.1, -0.05) is 48.5 Å². The van der Waals surface area contributed by atoms with Gasteiger partial charge in [-0.2, -0.15) is 0 Å². The zero-order valence-electron chi connectivity index (χ0n) is 19.9. The predicted molar refractivity (Wildman–Crippen MR) is 129 cm³/mol. The van der Waals surface area contributed by atoms with Crippen molar-refractivity contribution in [1.29, 1.82) is 0 Å². The second-order valence-electron chi connectivity index (χ2n) is 9.21. The van der Waals surface area contributed by atoms with E-state index in [0.29, 0.717) is 13.0 Å². The maximum Gasteiger partial charge on any atom is 0.407 e. The maximum atomic E-state index is 12.7. The van der Waals surface area contributed by atoms with Crippen LogP contribution >= 0.6 is 0 Å². The highest BCUT2D eigenvalue weighted by Gasteiger charge is 2.36. The Labute approximate surface area is 204 Å². The van der Waals surface area contributed by atoms with Crippen LogP contribution in [0.1, 0.15) is 23.5 Å². The van der Waals surface area contributed by atoms with E-state index in [1.54, 1.807) is 19.0 Å². The maximum absolute atomic E-state index is 12.7. The van der Waals surface area contributed by atoms with E-state index in [4.69, 9.17) is 9.47 Å². The predicted octanol–water partition coefficient (Wildman–Crippen LogP) is 2.06. The van der Waals surface area contributed by atoms with Crippen molar-refractivity contribution in [3.63, 3.8) is 0 Å². The molecule has 1 aliphatic carbocycles. The van der Waals surface area contributed by atoms with Gasteiger partial charge in [-0.05, 0) is 42.8 Å². The number of carbonyl (C=O) groups is 3. The van der Waals surface area contributed by atoms with Crippen LogP contribution in [0.5, 0.6) is 0 Å². The molecule has 0 spiro atoms.